The summed E-state index contributed by atoms with van der Waals surface area (Å²) in [4.78, 5) is 11.7. The van der Waals surface area contributed by atoms with Crippen LogP contribution in [0.15, 0.2) is 30.3 Å². The van der Waals surface area contributed by atoms with Gasteiger partial charge in [0.1, 0.15) is 0 Å². The van der Waals surface area contributed by atoms with E-state index in [2.05, 4.69) is 5.32 Å². The fraction of sp³-hybridized carbons (Fsp3) is 0.533. The monoisotopic (exact) mass is 281 g/mol. The molecule has 2 N–H and O–H groups in total. The Morgan fingerprint density at radius 2 is 2.05 bits per heavy atom. The summed E-state index contributed by atoms with van der Waals surface area (Å²) < 4.78 is 10.5. The number of rotatable bonds is 10. The molecule has 5 heteroatoms. The van der Waals surface area contributed by atoms with Crippen molar-refractivity contribution >= 4 is 5.91 Å². The number of carbonyl (C=O) groups excluding carboxylic acids is 1. The zero-order chi connectivity index (χ0) is 14.6. The van der Waals surface area contributed by atoms with E-state index in [1.54, 1.807) is 0 Å². The maximum Gasteiger partial charge on any atom is 0.222 e. The maximum absolute atomic E-state index is 11.7. The smallest absolute Gasteiger partial charge is 0.222 e. The Morgan fingerprint density at radius 3 is 2.70 bits per heavy atom. The molecule has 0 bridgehead atoms. The lowest BCUT2D eigenvalue weighted by Crippen LogP contribution is -2.30. The highest BCUT2D eigenvalue weighted by Crippen LogP contribution is 2.01. The molecule has 1 aromatic rings. The molecule has 0 saturated carbocycles. The quantitative estimate of drug-likeness (QED) is 0.630. The van der Waals surface area contributed by atoms with Crippen LogP contribution in [0.3, 0.4) is 0 Å². The van der Waals surface area contributed by atoms with E-state index in [0.717, 1.165) is 5.56 Å². The molecule has 1 amide bonds. The van der Waals surface area contributed by atoms with E-state index in [1.807, 2.05) is 37.3 Å². The van der Waals surface area contributed by atoms with Crippen LogP contribution in [0.2, 0.25) is 0 Å². The van der Waals surface area contributed by atoms with E-state index >= 15 is 0 Å². The molecule has 1 atom stereocenters. The van der Waals surface area contributed by atoms with Gasteiger partial charge in [0, 0.05) is 13.2 Å². The van der Waals surface area contributed by atoms with Crippen molar-refractivity contribution in [2.75, 3.05) is 26.4 Å². The summed E-state index contributed by atoms with van der Waals surface area (Å²) >= 11 is 0. The Kier molecular flexibility index (Phi) is 8.62. The first-order valence-electron chi connectivity index (χ1n) is 6.87. The van der Waals surface area contributed by atoms with Crippen molar-refractivity contribution in [2.45, 2.75) is 26.0 Å². The van der Waals surface area contributed by atoms with Crippen LogP contribution in [0.5, 0.6) is 0 Å². The number of aliphatic hydroxyl groups is 1. The van der Waals surface area contributed by atoms with Gasteiger partial charge < -0.3 is 19.9 Å². The highest BCUT2D eigenvalue weighted by molar-refractivity contribution is 5.76. The molecule has 20 heavy (non-hydrogen) atoms. The number of ether oxygens (including phenoxy) is 2. The second kappa shape index (κ2) is 10.4. The number of amides is 1. The van der Waals surface area contributed by atoms with Gasteiger partial charge in [-0.05, 0) is 12.5 Å². The topological polar surface area (TPSA) is 67.8 Å². The van der Waals surface area contributed by atoms with Gasteiger partial charge in [0.15, 0.2) is 0 Å². The minimum absolute atomic E-state index is 0.135. The summed E-state index contributed by atoms with van der Waals surface area (Å²) in [7, 11) is 0. The molecular formula is C15H23NO4. The van der Waals surface area contributed by atoms with Gasteiger partial charge in [0.05, 0.1) is 32.3 Å². The average molecular weight is 281 g/mol. The van der Waals surface area contributed by atoms with E-state index in [1.165, 1.54) is 0 Å². The summed E-state index contributed by atoms with van der Waals surface area (Å²) in [6, 6.07) is 9.67. The van der Waals surface area contributed by atoms with Gasteiger partial charge in [-0.15, -0.1) is 0 Å². The Bertz CT molecular complexity index is 369. The van der Waals surface area contributed by atoms with E-state index in [9.17, 15) is 9.90 Å². The Hall–Kier alpha value is -1.43. The van der Waals surface area contributed by atoms with Crippen LogP contribution in [-0.2, 0) is 20.8 Å². The number of hydrogen-bond donors (Lipinski definition) is 2. The fourth-order valence-corrected chi connectivity index (χ4v) is 1.67. The predicted octanol–water partition coefficient (Wildman–Crippen LogP) is 1.11. The standard InChI is InChI=1S/C15H23NO4/c1-2-19-8-9-20-14(12-17)10-15(18)16-11-13-6-4-3-5-7-13/h3-7,14,17H,2,8-12H2,1H3,(H,16,18)/t14-/m0/s1. The summed E-state index contributed by atoms with van der Waals surface area (Å²) in [5, 5.41) is 12.0. The van der Waals surface area contributed by atoms with Crippen LogP contribution in [0.25, 0.3) is 0 Å². The van der Waals surface area contributed by atoms with Crippen molar-refractivity contribution in [1.82, 2.24) is 5.32 Å². The first-order valence-corrected chi connectivity index (χ1v) is 6.87. The van der Waals surface area contributed by atoms with Crippen LogP contribution in [0.1, 0.15) is 18.9 Å². The number of benzene rings is 1. The first kappa shape index (κ1) is 16.6. The lowest BCUT2D eigenvalue weighted by atomic mass is 10.2. The van der Waals surface area contributed by atoms with Crippen molar-refractivity contribution in [3.63, 3.8) is 0 Å². The number of carbonyl (C=O) groups is 1. The highest BCUT2D eigenvalue weighted by atomic mass is 16.5. The van der Waals surface area contributed by atoms with E-state index in [4.69, 9.17) is 9.47 Å². The van der Waals surface area contributed by atoms with E-state index < -0.39 is 6.10 Å². The van der Waals surface area contributed by atoms with E-state index in [-0.39, 0.29) is 18.9 Å². The van der Waals surface area contributed by atoms with Crippen LogP contribution in [0.4, 0.5) is 0 Å². The molecule has 0 unspecified atom stereocenters. The fourth-order valence-electron chi connectivity index (χ4n) is 1.67. The molecule has 1 aromatic carbocycles. The van der Waals surface area contributed by atoms with Gasteiger partial charge in [0.2, 0.25) is 5.91 Å². The van der Waals surface area contributed by atoms with Gasteiger partial charge in [0.25, 0.3) is 0 Å². The van der Waals surface area contributed by atoms with Gasteiger partial charge in [-0.3, -0.25) is 4.79 Å². The van der Waals surface area contributed by atoms with Crippen molar-refractivity contribution in [3.8, 4) is 0 Å². The summed E-state index contributed by atoms with van der Waals surface area (Å²) in [6.07, 6.45) is -0.332. The molecule has 0 spiro atoms. The van der Waals surface area contributed by atoms with Gasteiger partial charge in [-0.25, -0.2) is 0 Å². The molecule has 112 valence electrons. The van der Waals surface area contributed by atoms with Gasteiger partial charge in [-0.1, -0.05) is 30.3 Å². The minimum atomic E-state index is -0.480. The van der Waals surface area contributed by atoms with E-state index in [0.29, 0.717) is 26.4 Å². The van der Waals surface area contributed by atoms with Crippen LogP contribution < -0.4 is 5.32 Å². The Morgan fingerprint density at radius 1 is 1.30 bits per heavy atom. The summed E-state index contributed by atoms with van der Waals surface area (Å²) in [5.74, 6) is -0.135. The molecule has 0 fully saturated rings. The SMILES string of the molecule is CCOCCO[C@H](CO)CC(=O)NCc1ccccc1. The summed E-state index contributed by atoms with van der Waals surface area (Å²) in [6.45, 7) is 3.69. The third-order valence-electron chi connectivity index (χ3n) is 2.73. The number of hydrogen-bond acceptors (Lipinski definition) is 4. The molecule has 0 aliphatic rings. The molecule has 0 saturated heterocycles. The predicted molar refractivity (Wildman–Crippen MR) is 76.2 cm³/mol. The Balaban J connectivity index is 2.21. The second-order valence-corrected chi connectivity index (χ2v) is 4.34. The van der Waals surface area contributed by atoms with Crippen LogP contribution in [-0.4, -0.2) is 43.5 Å². The van der Waals surface area contributed by atoms with Crippen LogP contribution >= 0.6 is 0 Å². The molecule has 0 radical (unpaired) electrons. The lowest BCUT2D eigenvalue weighted by molar-refractivity contribution is -0.125. The van der Waals surface area contributed by atoms with Gasteiger partial charge >= 0.3 is 0 Å². The number of nitrogens with one attached hydrogen (secondary N) is 1. The Labute approximate surface area is 119 Å². The first-order chi connectivity index (χ1) is 9.76. The summed E-state index contributed by atoms with van der Waals surface area (Å²) in [5.41, 5.74) is 1.04. The molecule has 1 rings (SSSR count). The molecule has 0 heterocycles. The minimum Gasteiger partial charge on any atom is -0.394 e. The average Bonchev–Trinajstić information content (AvgIpc) is 2.49. The zero-order valence-electron chi connectivity index (χ0n) is 11.9. The van der Waals surface area contributed by atoms with Crippen molar-refractivity contribution < 1.29 is 19.4 Å². The van der Waals surface area contributed by atoms with Crippen LogP contribution in [0, 0.1) is 0 Å². The van der Waals surface area contributed by atoms with Crippen molar-refractivity contribution in [1.29, 1.82) is 0 Å². The third-order valence-corrected chi connectivity index (χ3v) is 2.73. The molecular weight excluding hydrogens is 258 g/mol. The maximum atomic E-state index is 11.7. The largest absolute Gasteiger partial charge is 0.394 e. The lowest BCUT2D eigenvalue weighted by Gasteiger charge is -2.15. The normalized spacial score (nSPS) is 12.1. The number of aliphatic hydroxyl groups excluding tert-OH is 1. The zero-order valence-corrected chi connectivity index (χ0v) is 11.9. The highest BCUT2D eigenvalue weighted by Gasteiger charge is 2.13. The molecule has 0 aliphatic heterocycles. The second-order valence-electron chi connectivity index (χ2n) is 4.34. The van der Waals surface area contributed by atoms with Crippen molar-refractivity contribution in [3.05, 3.63) is 35.9 Å². The molecule has 0 aliphatic carbocycles. The molecule has 5 nitrogen and oxygen atoms in total. The molecule has 0 aromatic heterocycles. The third kappa shape index (κ3) is 7.23. The van der Waals surface area contributed by atoms with Gasteiger partial charge in [-0.2, -0.15) is 0 Å². The van der Waals surface area contributed by atoms with Crippen molar-refractivity contribution in [2.24, 2.45) is 0 Å².